The summed E-state index contributed by atoms with van der Waals surface area (Å²) in [6, 6.07) is 16.6. The van der Waals surface area contributed by atoms with E-state index in [2.05, 4.69) is 53.1 Å². The van der Waals surface area contributed by atoms with Gasteiger partial charge in [-0.15, -0.1) is 0 Å². The van der Waals surface area contributed by atoms with Crippen LogP contribution in [0, 0.1) is 0 Å². The van der Waals surface area contributed by atoms with E-state index < -0.39 is 22.5 Å². The lowest BCUT2D eigenvalue weighted by molar-refractivity contribution is 0.219. The number of para-hydroxylation sites is 4. The van der Waals surface area contributed by atoms with Crippen LogP contribution in [0.3, 0.4) is 0 Å². The molecule has 2 N–H and O–H groups in total. The minimum Gasteiger partial charge on any atom is -0.488 e. The highest BCUT2D eigenvalue weighted by atomic mass is 31.3. The first-order chi connectivity index (χ1) is 21.7. The normalized spacial score (nSPS) is 26.9. The smallest absolute Gasteiger partial charge is 0.267 e. The van der Waals surface area contributed by atoms with Gasteiger partial charge in [0.15, 0.2) is 0 Å². The molecule has 0 bridgehead atoms. The van der Waals surface area contributed by atoms with E-state index in [1.165, 1.54) is 51.4 Å². The Labute approximate surface area is 262 Å². The summed E-state index contributed by atoms with van der Waals surface area (Å²) in [6.07, 6.45) is 9.64. The van der Waals surface area contributed by atoms with Gasteiger partial charge in [-0.2, -0.15) is 13.5 Å². The van der Waals surface area contributed by atoms with E-state index in [4.69, 9.17) is 23.0 Å². The first kappa shape index (κ1) is 29.6. The van der Waals surface area contributed by atoms with Gasteiger partial charge in [-0.25, -0.2) is 18.7 Å². The molecule has 44 heavy (non-hydrogen) atoms. The predicted octanol–water partition coefficient (Wildman–Crippen LogP) is 8.22. The Morgan fingerprint density at radius 1 is 0.477 bits per heavy atom. The molecule has 0 aromatic heterocycles. The van der Waals surface area contributed by atoms with Gasteiger partial charge < -0.3 is 19.6 Å². The molecule has 6 heterocycles. The van der Waals surface area contributed by atoms with Crippen LogP contribution in [0.1, 0.15) is 51.4 Å². The molecule has 0 saturated carbocycles. The second-order valence-corrected chi connectivity index (χ2v) is 20.7. The Morgan fingerprint density at radius 3 is 1.25 bits per heavy atom. The van der Waals surface area contributed by atoms with Crippen molar-refractivity contribution in [2.75, 3.05) is 75.7 Å². The van der Waals surface area contributed by atoms with Crippen molar-refractivity contribution in [2.45, 2.75) is 51.4 Å². The first-order valence-electron chi connectivity index (χ1n) is 16.6. The van der Waals surface area contributed by atoms with Crippen molar-refractivity contribution in [1.29, 1.82) is 0 Å². The largest absolute Gasteiger partial charge is 0.488 e. The number of hydrogen-bond donors (Lipinski definition) is 2. The zero-order chi connectivity index (χ0) is 29.5. The van der Waals surface area contributed by atoms with Crippen LogP contribution in [-0.4, -0.2) is 84.3 Å². The lowest BCUT2D eigenvalue weighted by Gasteiger charge is -2.47. The van der Waals surface area contributed by atoms with Gasteiger partial charge in [-0.05, 0) is 75.6 Å². The SMILES string of the molecule is c1ccc2c(c1)NP1(=NP(N3CCCC3)(N3CCCC3)=NP(N3CCCC3)(N3CCCC3)=N1)Nc1ccccc1OCCO2. The molecule has 0 atom stereocenters. The molecule has 6 aliphatic rings. The Bertz CT molecular complexity index is 1400. The summed E-state index contributed by atoms with van der Waals surface area (Å²) in [4.78, 5) is 0. The quantitative estimate of drug-likeness (QED) is 0.318. The predicted molar refractivity (Wildman–Crippen MR) is 182 cm³/mol. The van der Waals surface area contributed by atoms with Crippen LogP contribution in [0.4, 0.5) is 11.4 Å². The van der Waals surface area contributed by atoms with Gasteiger partial charge in [0.25, 0.3) is 7.51 Å². The Balaban J connectivity index is 1.45. The van der Waals surface area contributed by atoms with E-state index in [0.29, 0.717) is 13.2 Å². The van der Waals surface area contributed by atoms with Gasteiger partial charge in [-0.3, -0.25) is 0 Å². The van der Waals surface area contributed by atoms with E-state index in [9.17, 15) is 0 Å². The van der Waals surface area contributed by atoms with Gasteiger partial charge in [0, 0.05) is 52.4 Å². The topological polar surface area (TPSA) is 92.6 Å². The van der Waals surface area contributed by atoms with Crippen LogP contribution in [0.2, 0.25) is 0 Å². The average molecular weight is 658 g/mol. The molecule has 238 valence electrons. The molecule has 1 spiro atoms. The second kappa shape index (κ2) is 12.4. The van der Waals surface area contributed by atoms with E-state index >= 15 is 0 Å². The van der Waals surface area contributed by atoms with Gasteiger partial charge in [0.05, 0.1) is 11.4 Å². The minimum atomic E-state index is -2.91. The minimum absolute atomic E-state index is 0.457. The van der Waals surface area contributed by atoms with Gasteiger partial charge in [0.1, 0.15) is 24.7 Å². The zero-order valence-corrected chi connectivity index (χ0v) is 28.3. The average Bonchev–Trinajstić information content (AvgIpc) is 3.89. The number of ether oxygens (including phenoxy) is 2. The fourth-order valence-corrected chi connectivity index (χ4v) is 22.3. The Morgan fingerprint density at radius 2 is 0.841 bits per heavy atom. The Hall–Kier alpha value is -1.83. The third-order valence-electron chi connectivity index (χ3n) is 9.51. The molecule has 4 saturated heterocycles. The third-order valence-corrected chi connectivity index (χ3v) is 21.2. The number of hydrogen-bond acceptors (Lipinski definition) is 11. The second-order valence-electron chi connectivity index (χ2n) is 12.5. The maximum Gasteiger partial charge on any atom is 0.267 e. The van der Waals surface area contributed by atoms with Crippen LogP contribution < -0.4 is 19.6 Å². The van der Waals surface area contributed by atoms with Crippen molar-refractivity contribution in [1.82, 2.24) is 18.7 Å². The number of benzene rings is 2. The van der Waals surface area contributed by atoms with Gasteiger partial charge >= 0.3 is 0 Å². The molecule has 8 rings (SSSR count). The monoisotopic (exact) mass is 657 g/mol. The molecule has 14 heteroatoms. The van der Waals surface area contributed by atoms with E-state index in [-0.39, 0.29) is 0 Å². The van der Waals surface area contributed by atoms with Crippen LogP contribution in [0.5, 0.6) is 11.5 Å². The molecule has 2 aromatic rings. The molecule has 11 nitrogen and oxygen atoms in total. The summed E-state index contributed by atoms with van der Waals surface area (Å²) in [5.74, 6) is 1.63. The Kier molecular flexibility index (Phi) is 8.34. The van der Waals surface area contributed by atoms with Crippen molar-refractivity contribution in [3.63, 3.8) is 0 Å². The lowest BCUT2D eigenvalue weighted by Crippen LogP contribution is -2.33. The number of nitrogens with one attached hydrogen (secondary N) is 2. The van der Waals surface area contributed by atoms with Crippen molar-refractivity contribution in [3.05, 3.63) is 48.5 Å². The number of fused-ring (bicyclic) bond motifs is 2. The van der Waals surface area contributed by atoms with Crippen LogP contribution in [-0.2, 0) is 0 Å². The highest BCUT2D eigenvalue weighted by Gasteiger charge is 2.50. The molecule has 6 aliphatic heterocycles. The van der Waals surface area contributed by atoms with Crippen molar-refractivity contribution >= 4 is 33.9 Å². The van der Waals surface area contributed by atoms with Crippen LogP contribution in [0.15, 0.2) is 62.1 Å². The molecule has 2 aromatic carbocycles. The van der Waals surface area contributed by atoms with Crippen molar-refractivity contribution in [2.24, 2.45) is 13.5 Å². The number of rotatable bonds is 4. The van der Waals surface area contributed by atoms with E-state index in [0.717, 1.165) is 75.2 Å². The van der Waals surface area contributed by atoms with Crippen LogP contribution in [0.25, 0.3) is 0 Å². The maximum absolute atomic E-state index is 6.34. The molecule has 0 radical (unpaired) electrons. The summed E-state index contributed by atoms with van der Waals surface area (Å²) in [7, 11) is -7.93. The van der Waals surface area contributed by atoms with Crippen molar-refractivity contribution < 1.29 is 9.47 Å². The molecular weight excluding hydrogens is 611 g/mol. The lowest BCUT2D eigenvalue weighted by atomic mass is 10.3. The van der Waals surface area contributed by atoms with Crippen LogP contribution >= 0.6 is 22.5 Å². The maximum atomic E-state index is 6.34. The molecule has 0 amide bonds. The van der Waals surface area contributed by atoms with E-state index in [1.54, 1.807) is 0 Å². The third kappa shape index (κ3) is 5.37. The molecule has 0 aliphatic carbocycles. The van der Waals surface area contributed by atoms with Crippen molar-refractivity contribution in [3.8, 4) is 11.5 Å². The number of nitrogens with zero attached hydrogens (tertiary/aromatic N) is 7. The summed E-state index contributed by atoms with van der Waals surface area (Å²) in [6.45, 7) is 9.33. The van der Waals surface area contributed by atoms with E-state index in [1.807, 2.05) is 24.3 Å². The summed E-state index contributed by atoms with van der Waals surface area (Å²) in [5, 5.41) is 8.06. The molecule has 4 fully saturated rings. The summed E-state index contributed by atoms with van der Waals surface area (Å²) in [5.41, 5.74) is 1.87. The fourth-order valence-electron chi connectivity index (χ4n) is 7.37. The summed E-state index contributed by atoms with van der Waals surface area (Å²) < 4.78 is 41.9. The first-order valence-corrected chi connectivity index (χ1v) is 21.5. The van der Waals surface area contributed by atoms with Gasteiger partial charge in [0.2, 0.25) is 15.0 Å². The number of anilines is 2. The fraction of sp³-hybridized carbons (Fsp3) is 0.600. The molecular formula is C30H46N9O2P3. The zero-order valence-electron chi connectivity index (χ0n) is 25.6. The summed E-state index contributed by atoms with van der Waals surface area (Å²) >= 11 is 0. The highest BCUT2D eigenvalue weighted by Crippen LogP contribution is 2.82. The van der Waals surface area contributed by atoms with Gasteiger partial charge in [-0.1, -0.05) is 24.3 Å². The highest BCUT2D eigenvalue weighted by molar-refractivity contribution is 7.85. The standard InChI is InChI=1S/C30H46N9O2P3/c1-3-15-29-27(13-1)31-42(32-28-14-2-4-16-30(28)41-26-25-40-29)33-43(36-17-5-6-18-36,37-19-7-8-20-37)35-44(34-42,38-21-9-10-22-38)39-23-11-12-24-39/h1-4,13-16,31-32H,5-12,17-26H2. The molecule has 0 unspecified atom stereocenters.